The average molecular weight is 326 g/mol. The van der Waals surface area contributed by atoms with Crippen LogP contribution in [0.4, 0.5) is 0 Å². The summed E-state index contributed by atoms with van der Waals surface area (Å²) in [4.78, 5) is 14.3. The van der Waals surface area contributed by atoms with Gasteiger partial charge in [0.25, 0.3) is 15.9 Å². The predicted octanol–water partition coefficient (Wildman–Crippen LogP) is 1.18. The molecule has 122 valence electrons. The van der Waals surface area contributed by atoms with Gasteiger partial charge in [-0.05, 0) is 30.2 Å². The van der Waals surface area contributed by atoms with E-state index < -0.39 is 10.0 Å². The second-order valence-corrected chi connectivity index (χ2v) is 7.64. The Balaban J connectivity index is 2.14. The van der Waals surface area contributed by atoms with Gasteiger partial charge in [0, 0.05) is 13.1 Å². The van der Waals surface area contributed by atoms with E-state index in [9.17, 15) is 13.2 Å². The van der Waals surface area contributed by atoms with Crippen molar-refractivity contribution in [2.45, 2.75) is 18.7 Å². The summed E-state index contributed by atoms with van der Waals surface area (Å²) < 4.78 is 31.1. The van der Waals surface area contributed by atoms with E-state index in [1.54, 1.807) is 12.1 Å². The minimum absolute atomic E-state index is 0.110. The van der Waals surface area contributed by atoms with E-state index in [1.165, 1.54) is 19.2 Å². The smallest absolute Gasteiger partial charge is 0.266 e. The molecule has 1 aromatic rings. The predicted molar refractivity (Wildman–Crippen MR) is 83.2 cm³/mol. The van der Waals surface area contributed by atoms with Crippen molar-refractivity contribution in [2.75, 3.05) is 33.3 Å². The standard InChI is InChI=1S/C15H22N2O4S/c1-12(2)10-16-8-9-17(15(18)11-16)22(19,20)14-6-4-13(21-3)5-7-14/h4-7,12H,8-11H2,1-3H3. The van der Waals surface area contributed by atoms with Gasteiger partial charge in [-0.3, -0.25) is 9.69 Å². The second-order valence-electron chi connectivity index (χ2n) is 5.78. The van der Waals surface area contributed by atoms with Crippen molar-refractivity contribution in [1.29, 1.82) is 0 Å². The lowest BCUT2D eigenvalue weighted by Gasteiger charge is -2.34. The molecule has 0 spiro atoms. The molecule has 2 rings (SSSR count). The minimum atomic E-state index is -3.79. The highest BCUT2D eigenvalue weighted by Crippen LogP contribution is 2.21. The van der Waals surface area contributed by atoms with Crippen LogP contribution in [-0.4, -0.2) is 56.8 Å². The van der Waals surface area contributed by atoms with Gasteiger partial charge in [-0.2, -0.15) is 0 Å². The average Bonchev–Trinajstić information content (AvgIpc) is 2.46. The van der Waals surface area contributed by atoms with E-state index >= 15 is 0 Å². The summed E-state index contributed by atoms with van der Waals surface area (Å²) in [6.45, 7) is 5.85. The molecule has 1 aliphatic heterocycles. The highest BCUT2D eigenvalue weighted by atomic mass is 32.2. The van der Waals surface area contributed by atoms with Crippen molar-refractivity contribution in [3.05, 3.63) is 24.3 Å². The molecular formula is C15H22N2O4S. The third-order valence-electron chi connectivity index (χ3n) is 3.53. The fourth-order valence-electron chi connectivity index (χ4n) is 2.51. The van der Waals surface area contributed by atoms with Gasteiger partial charge in [-0.25, -0.2) is 12.7 Å². The molecule has 1 aromatic carbocycles. The van der Waals surface area contributed by atoms with Crippen molar-refractivity contribution in [3.8, 4) is 5.75 Å². The largest absolute Gasteiger partial charge is 0.497 e. The molecule has 6 nitrogen and oxygen atoms in total. The number of hydrogen-bond acceptors (Lipinski definition) is 5. The zero-order valence-electron chi connectivity index (χ0n) is 13.2. The topological polar surface area (TPSA) is 66.9 Å². The molecule has 1 amide bonds. The second kappa shape index (κ2) is 6.66. The van der Waals surface area contributed by atoms with Crippen molar-refractivity contribution >= 4 is 15.9 Å². The Labute approximate surface area is 131 Å². The number of amides is 1. The number of sulfonamides is 1. The zero-order valence-corrected chi connectivity index (χ0v) is 14.0. The molecule has 1 aliphatic rings. The van der Waals surface area contributed by atoms with Crippen molar-refractivity contribution in [1.82, 2.24) is 9.21 Å². The molecular weight excluding hydrogens is 304 g/mol. The fraction of sp³-hybridized carbons (Fsp3) is 0.533. The number of methoxy groups -OCH3 is 1. The summed E-state index contributed by atoms with van der Waals surface area (Å²) in [5, 5.41) is 0. The molecule has 7 heteroatoms. The molecule has 1 fully saturated rings. The Morgan fingerprint density at radius 1 is 1.18 bits per heavy atom. The number of rotatable bonds is 5. The number of hydrogen-bond donors (Lipinski definition) is 0. The van der Waals surface area contributed by atoms with Gasteiger partial charge in [0.15, 0.2) is 0 Å². The van der Waals surface area contributed by atoms with Crippen LogP contribution in [0.15, 0.2) is 29.2 Å². The van der Waals surface area contributed by atoms with Crippen LogP contribution in [-0.2, 0) is 14.8 Å². The first kappa shape index (κ1) is 16.8. The first-order valence-electron chi connectivity index (χ1n) is 7.26. The quantitative estimate of drug-likeness (QED) is 0.813. The summed E-state index contributed by atoms with van der Waals surface area (Å²) in [7, 11) is -2.27. The Hall–Kier alpha value is -1.60. The third-order valence-corrected chi connectivity index (χ3v) is 5.36. The van der Waals surface area contributed by atoms with Crippen LogP contribution in [0.2, 0.25) is 0 Å². The van der Waals surface area contributed by atoms with Crippen LogP contribution in [0, 0.1) is 5.92 Å². The fourth-order valence-corrected chi connectivity index (χ4v) is 3.89. The Morgan fingerprint density at radius 2 is 1.82 bits per heavy atom. The summed E-state index contributed by atoms with van der Waals surface area (Å²) in [5.41, 5.74) is 0. The number of piperazine rings is 1. The summed E-state index contributed by atoms with van der Waals surface area (Å²) in [6, 6.07) is 6.07. The lowest BCUT2D eigenvalue weighted by atomic mass is 10.2. The maximum Gasteiger partial charge on any atom is 0.266 e. The molecule has 0 bridgehead atoms. The van der Waals surface area contributed by atoms with Gasteiger partial charge in [-0.1, -0.05) is 13.8 Å². The molecule has 0 saturated carbocycles. The van der Waals surface area contributed by atoms with E-state index in [2.05, 4.69) is 13.8 Å². The maximum atomic E-state index is 12.6. The summed E-state index contributed by atoms with van der Waals surface area (Å²) in [6.07, 6.45) is 0. The van der Waals surface area contributed by atoms with Gasteiger partial charge in [0.1, 0.15) is 5.75 Å². The van der Waals surface area contributed by atoms with Gasteiger partial charge in [0.2, 0.25) is 0 Å². The van der Waals surface area contributed by atoms with Crippen LogP contribution in [0.3, 0.4) is 0 Å². The monoisotopic (exact) mass is 326 g/mol. The summed E-state index contributed by atoms with van der Waals surface area (Å²) in [5.74, 6) is 0.646. The molecule has 1 saturated heterocycles. The highest BCUT2D eigenvalue weighted by molar-refractivity contribution is 7.89. The molecule has 0 unspecified atom stereocenters. The van der Waals surface area contributed by atoms with Crippen molar-refractivity contribution in [2.24, 2.45) is 5.92 Å². The van der Waals surface area contributed by atoms with Gasteiger partial charge < -0.3 is 4.74 Å². The zero-order chi connectivity index (χ0) is 16.3. The van der Waals surface area contributed by atoms with Crippen molar-refractivity contribution in [3.63, 3.8) is 0 Å². The van der Waals surface area contributed by atoms with E-state index in [4.69, 9.17) is 4.74 Å². The van der Waals surface area contributed by atoms with Crippen molar-refractivity contribution < 1.29 is 17.9 Å². The van der Waals surface area contributed by atoms with Crippen LogP contribution >= 0.6 is 0 Å². The van der Waals surface area contributed by atoms with Crippen LogP contribution in [0.25, 0.3) is 0 Å². The van der Waals surface area contributed by atoms with E-state index in [1.807, 2.05) is 4.90 Å². The van der Waals surface area contributed by atoms with Gasteiger partial charge in [0.05, 0.1) is 25.1 Å². The first-order valence-corrected chi connectivity index (χ1v) is 8.70. The van der Waals surface area contributed by atoms with E-state index in [0.29, 0.717) is 18.2 Å². The van der Waals surface area contributed by atoms with E-state index in [0.717, 1.165) is 10.8 Å². The van der Waals surface area contributed by atoms with E-state index in [-0.39, 0.29) is 23.9 Å². The molecule has 0 aromatic heterocycles. The normalized spacial score (nSPS) is 17.1. The number of nitrogens with zero attached hydrogens (tertiary/aromatic N) is 2. The first-order chi connectivity index (χ1) is 10.3. The number of benzene rings is 1. The maximum absolute atomic E-state index is 12.6. The van der Waals surface area contributed by atoms with Crippen LogP contribution in [0.1, 0.15) is 13.8 Å². The molecule has 1 heterocycles. The minimum Gasteiger partial charge on any atom is -0.497 e. The number of carbonyl (C=O) groups excluding carboxylic acids is 1. The lowest BCUT2D eigenvalue weighted by molar-refractivity contribution is -0.130. The Morgan fingerprint density at radius 3 is 2.32 bits per heavy atom. The molecule has 0 N–H and O–H groups in total. The number of carbonyl (C=O) groups is 1. The molecule has 0 aliphatic carbocycles. The lowest BCUT2D eigenvalue weighted by Crippen LogP contribution is -2.53. The molecule has 0 atom stereocenters. The SMILES string of the molecule is COc1ccc(S(=O)(=O)N2CCN(CC(C)C)CC2=O)cc1. The third kappa shape index (κ3) is 3.59. The molecule has 22 heavy (non-hydrogen) atoms. The number of ether oxygens (including phenoxy) is 1. The van der Waals surface area contributed by atoms with Crippen LogP contribution < -0.4 is 4.74 Å². The molecule has 0 radical (unpaired) electrons. The van der Waals surface area contributed by atoms with Crippen LogP contribution in [0.5, 0.6) is 5.75 Å². The summed E-state index contributed by atoms with van der Waals surface area (Å²) >= 11 is 0. The Kier molecular flexibility index (Phi) is 5.08. The Bertz CT molecular complexity index is 625. The van der Waals surface area contributed by atoms with Gasteiger partial charge in [-0.15, -0.1) is 0 Å². The van der Waals surface area contributed by atoms with Gasteiger partial charge >= 0.3 is 0 Å². The highest BCUT2D eigenvalue weighted by Gasteiger charge is 2.33.